The Morgan fingerprint density at radius 2 is 1.94 bits per heavy atom. The fourth-order valence-electron chi connectivity index (χ4n) is 2.55. The lowest BCUT2D eigenvalue weighted by molar-refractivity contribution is 0.628. The van der Waals surface area contributed by atoms with Crippen LogP contribution < -0.4 is 10.6 Å². The molecule has 2 nitrogen and oxygen atoms in total. The third-order valence-electron chi connectivity index (χ3n) is 3.45. The molecule has 0 aliphatic carbocycles. The lowest BCUT2D eigenvalue weighted by Gasteiger charge is -2.22. The zero-order valence-corrected chi connectivity index (χ0v) is 10.1. The summed E-state index contributed by atoms with van der Waals surface area (Å²) < 4.78 is 13.4. The van der Waals surface area contributed by atoms with E-state index in [9.17, 15) is 4.39 Å². The molecule has 0 atom stereocenters. The molecule has 1 aliphatic rings. The Morgan fingerprint density at radius 3 is 2.78 bits per heavy atom. The van der Waals surface area contributed by atoms with Crippen LogP contribution in [0.2, 0.25) is 0 Å². The lowest BCUT2D eigenvalue weighted by Crippen LogP contribution is -2.16. The predicted molar refractivity (Wildman–Crippen MR) is 71.4 cm³/mol. The van der Waals surface area contributed by atoms with Crippen LogP contribution >= 0.6 is 0 Å². The van der Waals surface area contributed by atoms with Crippen LogP contribution in [0, 0.1) is 5.82 Å². The van der Waals surface area contributed by atoms with Gasteiger partial charge in [-0.3, -0.25) is 0 Å². The smallest absolute Gasteiger partial charge is 0.125 e. The number of nitrogens with two attached hydrogens (primary N) is 1. The Morgan fingerprint density at radius 1 is 1.11 bits per heavy atom. The van der Waals surface area contributed by atoms with Crippen molar-refractivity contribution in [2.24, 2.45) is 5.73 Å². The number of rotatable bonds is 2. The Balaban J connectivity index is 2.08. The molecule has 0 amide bonds. The van der Waals surface area contributed by atoms with Gasteiger partial charge in [-0.05, 0) is 35.7 Å². The van der Waals surface area contributed by atoms with Gasteiger partial charge in [0.05, 0.1) is 0 Å². The maximum Gasteiger partial charge on any atom is 0.125 e. The zero-order chi connectivity index (χ0) is 12.5. The number of benzene rings is 2. The summed E-state index contributed by atoms with van der Waals surface area (Å²) in [6.45, 7) is 1.38. The average molecular weight is 242 g/mol. The number of anilines is 2. The minimum atomic E-state index is -0.189. The van der Waals surface area contributed by atoms with Crippen molar-refractivity contribution < 1.29 is 4.39 Å². The average Bonchev–Trinajstić information content (AvgIpc) is 2.81. The van der Waals surface area contributed by atoms with E-state index in [1.54, 1.807) is 6.07 Å². The molecule has 0 unspecified atom stereocenters. The van der Waals surface area contributed by atoms with Crippen molar-refractivity contribution in [1.29, 1.82) is 0 Å². The number of hydrogen-bond acceptors (Lipinski definition) is 2. The fourth-order valence-corrected chi connectivity index (χ4v) is 2.55. The second kappa shape index (κ2) is 4.42. The maximum absolute atomic E-state index is 13.4. The number of halogens is 1. The van der Waals surface area contributed by atoms with Crippen LogP contribution in [0.25, 0.3) is 0 Å². The minimum absolute atomic E-state index is 0.189. The molecule has 0 spiro atoms. The van der Waals surface area contributed by atoms with Crippen molar-refractivity contribution in [2.45, 2.75) is 13.0 Å². The molecule has 1 aliphatic heterocycles. The number of nitrogens with zero attached hydrogens (tertiary/aromatic N) is 1. The first-order valence-corrected chi connectivity index (χ1v) is 6.13. The van der Waals surface area contributed by atoms with Gasteiger partial charge in [0.1, 0.15) is 5.82 Å². The van der Waals surface area contributed by atoms with Crippen molar-refractivity contribution >= 4 is 11.4 Å². The first-order chi connectivity index (χ1) is 8.79. The standard InChI is InChI=1S/C15H15FN2/c16-13-6-5-11-7-8-18(15(11)9-13)14-4-2-1-3-12(14)10-17/h1-6,9H,7-8,10,17H2. The molecule has 92 valence electrons. The fraction of sp³-hybridized carbons (Fsp3) is 0.200. The summed E-state index contributed by atoms with van der Waals surface area (Å²) in [4.78, 5) is 2.15. The van der Waals surface area contributed by atoms with Gasteiger partial charge in [0.2, 0.25) is 0 Å². The molecule has 2 aromatic carbocycles. The highest BCUT2D eigenvalue weighted by atomic mass is 19.1. The molecule has 2 aromatic rings. The van der Waals surface area contributed by atoms with Crippen LogP contribution in [0.4, 0.5) is 15.8 Å². The predicted octanol–water partition coefficient (Wildman–Crippen LogP) is 2.98. The molecule has 0 bridgehead atoms. The molecule has 0 saturated carbocycles. The van der Waals surface area contributed by atoms with Gasteiger partial charge in [-0.25, -0.2) is 4.39 Å². The van der Waals surface area contributed by atoms with E-state index in [4.69, 9.17) is 5.73 Å². The van der Waals surface area contributed by atoms with Gasteiger partial charge < -0.3 is 10.6 Å². The third kappa shape index (κ3) is 1.77. The molecule has 0 aromatic heterocycles. The van der Waals surface area contributed by atoms with E-state index in [1.165, 1.54) is 11.6 Å². The van der Waals surface area contributed by atoms with Crippen LogP contribution in [0.5, 0.6) is 0 Å². The Labute approximate surface area is 106 Å². The van der Waals surface area contributed by atoms with E-state index >= 15 is 0 Å². The SMILES string of the molecule is NCc1ccccc1N1CCc2ccc(F)cc21. The molecule has 3 rings (SSSR count). The van der Waals surface area contributed by atoms with Gasteiger partial charge in [0.15, 0.2) is 0 Å². The van der Waals surface area contributed by atoms with Crippen molar-refractivity contribution in [2.75, 3.05) is 11.4 Å². The van der Waals surface area contributed by atoms with Crippen LogP contribution in [0.3, 0.4) is 0 Å². The van der Waals surface area contributed by atoms with Gasteiger partial charge in [0.25, 0.3) is 0 Å². The van der Waals surface area contributed by atoms with Gasteiger partial charge in [-0.1, -0.05) is 24.3 Å². The first-order valence-electron chi connectivity index (χ1n) is 6.13. The summed E-state index contributed by atoms with van der Waals surface area (Å²) >= 11 is 0. The van der Waals surface area contributed by atoms with Crippen molar-refractivity contribution in [3.05, 3.63) is 59.4 Å². The molecular weight excluding hydrogens is 227 g/mol. The van der Waals surface area contributed by atoms with Crippen LogP contribution in [-0.2, 0) is 13.0 Å². The van der Waals surface area contributed by atoms with Gasteiger partial charge in [0, 0.05) is 24.5 Å². The first kappa shape index (κ1) is 11.2. The summed E-state index contributed by atoms with van der Waals surface area (Å²) in [6.07, 6.45) is 0.953. The molecule has 0 saturated heterocycles. The highest BCUT2D eigenvalue weighted by Gasteiger charge is 2.22. The Bertz CT molecular complexity index is 580. The van der Waals surface area contributed by atoms with E-state index < -0.39 is 0 Å². The topological polar surface area (TPSA) is 29.3 Å². The molecule has 18 heavy (non-hydrogen) atoms. The molecule has 3 heteroatoms. The normalized spacial score (nSPS) is 13.8. The largest absolute Gasteiger partial charge is 0.341 e. The summed E-state index contributed by atoms with van der Waals surface area (Å²) in [7, 11) is 0. The third-order valence-corrected chi connectivity index (χ3v) is 3.45. The molecular formula is C15H15FN2. The highest BCUT2D eigenvalue weighted by Crippen LogP contribution is 2.36. The monoisotopic (exact) mass is 242 g/mol. The second-order valence-electron chi connectivity index (χ2n) is 4.51. The number of para-hydroxylation sites is 1. The van der Waals surface area contributed by atoms with Gasteiger partial charge >= 0.3 is 0 Å². The Kier molecular flexibility index (Phi) is 2.76. The van der Waals surface area contributed by atoms with Crippen molar-refractivity contribution in [3.8, 4) is 0 Å². The highest BCUT2D eigenvalue weighted by molar-refractivity contribution is 5.72. The summed E-state index contributed by atoms with van der Waals surface area (Å²) in [5.74, 6) is -0.189. The van der Waals surface area contributed by atoms with E-state index in [0.29, 0.717) is 6.54 Å². The summed E-state index contributed by atoms with van der Waals surface area (Å²) in [5.41, 5.74) is 10.1. The maximum atomic E-state index is 13.4. The van der Waals surface area contributed by atoms with Gasteiger partial charge in [-0.2, -0.15) is 0 Å². The van der Waals surface area contributed by atoms with E-state index in [0.717, 1.165) is 29.9 Å². The van der Waals surface area contributed by atoms with Gasteiger partial charge in [-0.15, -0.1) is 0 Å². The number of fused-ring (bicyclic) bond motifs is 1. The second-order valence-corrected chi connectivity index (χ2v) is 4.51. The molecule has 0 radical (unpaired) electrons. The van der Waals surface area contributed by atoms with E-state index in [-0.39, 0.29) is 5.82 Å². The van der Waals surface area contributed by atoms with Crippen molar-refractivity contribution in [3.63, 3.8) is 0 Å². The quantitative estimate of drug-likeness (QED) is 0.877. The minimum Gasteiger partial charge on any atom is -0.341 e. The van der Waals surface area contributed by atoms with E-state index in [2.05, 4.69) is 4.90 Å². The number of hydrogen-bond donors (Lipinski definition) is 1. The van der Waals surface area contributed by atoms with Crippen LogP contribution in [0.1, 0.15) is 11.1 Å². The Hall–Kier alpha value is -1.87. The van der Waals surface area contributed by atoms with Crippen LogP contribution in [0.15, 0.2) is 42.5 Å². The molecule has 0 fully saturated rings. The zero-order valence-electron chi connectivity index (χ0n) is 10.1. The van der Waals surface area contributed by atoms with E-state index in [1.807, 2.05) is 30.3 Å². The van der Waals surface area contributed by atoms with Crippen LogP contribution in [-0.4, -0.2) is 6.54 Å². The molecule has 2 N–H and O–H groups in total. The summed E-state index contributed by atoms with van der Waals surface area (Å²) in [5, 5.41) is 0. The summed E-state index contributed by atoms with van der Waals surface area (Å²) in [6, 6.07) is 13.0. The lowest BCUT2D eigenvalue weighted by atomic mass is 10.1. The van der Waals surface area contributed by atoms with Crippen molar-refractivity contribution in [1.82, 2.24) is 0 Å². The molecule has 1 heterocycles.